The number of nitrogens with two attached hydrogens (primary N) is 1. The third-order valence-electron chi connectivity index (χ3n) is 5.19. The molecule has 8 heteroatoms. The zero-order valence-corrected chi connectivity index (χ0v) is 18.2. The van der Waals surface area contributed by atoms with E-state index in [1.165, 1.54) is 9.77 Å². The van der Waals surface area contributed by atoms with Crippen molar-refractivity contribution < 1.29 is 10.3 Å². The maximum atomic E-state index is 12.4. The Balaban J connectivity index is 0.00000121. The molecule has 1 aromatic heterocycles. The minimum absolute atomic E-state index is 0. The van der Waals surface area contributed by atoms with E-state index in [2.05, 4.69) is 22.4 Å². The van der Waals surface area contributed by atoms with Crippen molar-refractivity contribution in [2.75, 3.05) is 25.4 Å². The van der Waals surface area contributed by atoms with E-state index in [1.807, 2.05) is 30.0 Å². The second-order valence-electron chi connectivity index (χ2n) is 6.84. The van der Waals surface area contributed by atoms with Crippen LogP contribution in [0.25, 0.3) is 0 Å². The molecular weight excluding hydrogens is 423 g/mol. The molecule has 4 rings (SSSR count). The molecule has 4 N–H and O–H groups in total. The first-order valence-corrected chi connectivity index (χ1v) is 10.2. The minimum Gasteiger partial charge on any atom is -0.412 e. The van der Waals surface area contributed by atoms with Crippen molar-refractivity contribution in [3.8, 4) is 0 Å². The quantitative estimate of drug-likeness (QED) is 0.716. The number of ketones is 1. The highest BCUT2D eigenvalue weighted by Gasteiger charge is 2.42. The fraction of sp³-hybridized carbons (Fsp3) is 0.421. The van der Waals surface area contributed by atoms with Gasteiger partial charge < -0.3 is 16.1 Å². The van der Waals surface area contributed by atoms with E-state index in [0.717, 1.165) is 50.1 Å². The van der Waals surface area contributed by atoms with E-state index in [0.29, 0.717) is 12.2 Å². The number of rotatable bonds is 3. The molecule has 1 saturated heterocycles. The summed E-state index contributed by atoms with van der Waals surface area (Å²) in [6.07, 6.45) is 4.01. The summed E-state index contributed by atoms with van der Waals surface area (Å²) in [5.74, 6) is 0.348. The number of anilines is 1. The summed E-state index contributed by atoms with van der Waals surface area (Å²) in [6.45, 7) is 3.27. The number of fused-ring (bicyclic) bond motifs is 1. The second kappa shape index (κ2) is 10.1. The number of nitrogens with zero attached hydrogens (tertiary/aromatic N) is 1. The van der Waals surface area contributed by atoms with Gasteiger partial charge in [0.2, 0.25) is 0 Å². The number of halogens is 2. The smallest absolute Gasteiger partial charge is 0.166 e. The number of hydrogen-bond acceptors (Lipinski definition) is 5. The topological polar surface area (TPSA) is 77.8 Å². The normalized spacial score (nSPS) is 18.0. The van der Waals surface area contributed by atoms with E-state index in [4.69, 9.17) is 5.73 Å². The number of Topliss-reactive ketones (excluding diaryl/α,β-unsaturated/α-hetero) is 1. The number of benzene rings is 1. The number of likely N-dealkylation sites (tertiary alicyclic amines) is 1. The summed E-state index contributed by atoms with van der Waals surface area (Å²) >= 11 is 3.69. The molecule has 2 aromatic rings. The van der Waals surface area contributed by atoms with Crippen molar-refractivity contribution in [3.05, 3.63) is 46.8 Å². The Bertz CT molecular complexity index is 744. The largest absolute Gasteiger partial charge is 0.412 e. The van der Waals surface area contributed by atoms with Crippen LogP contribution >= 0.6 is 47.9 Å². The van der Waals surface area contributed by atoms with Gasteiger partial charge in [-0.3, -0.25) is 4.79 Å². The Morgan fingerprint density at radius 1 is 1.07 bits per heavy atom. The van der Waals surface area contributed by atoms with Crippen molar-refractivity contribution in [3.63, 3.8) is 0 Å². The van der Waals surface area contributed by atoms with Crippen LogP contribution in [0.15, 0.2) is 39.9 Å². The summed E-state index contributed by atoms with van der Waals surface area (Å²) in [6, 6.07) is 10.2. The number of thiophene rings is 1. The van der Waals surface area contributed by atoms with E-state index in [1.54, 1.807) is 11.3 Å². The molecule has 0 radical (unpaired) electrons. The maximum absolute atomic E-state index is 12.4. The van der Waals surface area contributed by atoms with Crippen LogP contribution in [-0.2, 0) is 6.42 Å². The summed E-state index contributed by atoms with van der Waals surface area (Å²) in [5.41, 5.74) is 8.87. The van der Waals surface area contributed by atoms with Crippen LogP contribution in [0.5, 0.6) is 0 Å². The van der Waals surface area contributed by atoms with Gasteiger partial charge in [-0.2, -0.15) is 0 Å². The van der Waals surface area contributed by atoms with Gasteiger partial charge in [0.15, 0.2) is 5.78 Å². The van der Waals surface area contributed by atoms with Crippen LogP contribution < -0.4 is 5.73 Å². The monoisotopic (exact) mass is 448 g/mol. The molecule has 0 aliphatic carbocycles. The van der Waals surface area contributed by atoms with Gasteiger partial charge in [0.25, 0.3) is 0 Å². The van der Waals surface area contributed by atoms with Crippen molar-refractivity contribution in [1.82, 2.24) is 4.90 Å². The first-order valence-electron chi connectivity index (χ1n) is 8.50. The van der Waals surface area contributed by atoms with E-state index >= 15 is 0 Å². The number of thioether (sulfide) groups is 1. The van der Waals surface area contributed by atoms with E-state index in [9.17, 15) is 4.79 Å². The number of carbonyl (C=O) groups excluding carboxylic acids is 1. The molecule has 150 valence electrons. The van der Waals surface area contributed by atoms with Crippen LogP contribution in [0.3, 0.4) is 0 Å². The Hall–Kier alpha value is -0.760. The van der Waals surface area contributed by atoms with Crippen molar-refractivity contribution in [2.24, 2.45) is 0 Å². The predicted molar refractivity (Wildman–Crippen MR) is 120 cm³/mol. The second-order valence-corrected chi connectivity index (χ2v) is 9.49. The summed E-state index contributed by atoms with van der Waals surface area (Å²) < 4.78 is 1.38. The van der Waals surface area contributed by atoms with Gasteiger partial charge in [-0.1, -0.05) is 12.1 Å². The third kappa shape index (κ3) is 5.40. The number of piperidine rings is 1. The molecule has 2 aliphatic rings. The molecule has 1 aromatic carbocycles. The number of carbonyl (C=O) groups is 1. The molecule has 4 nitrogen and oxygen atoms in total. The summed E-state index contributed by atoms with van der Waals surface area (Å²) in [4.78, 5) is 14.9. The van der Waals surface area contributed by atoms with Crippen LogP contribution in [-0.4, -0.2) is 40.5 Å². The lowest BCUT2D eigenvalue weighted by Gasteiger charge is -2.42. The molecule has 0 unspecified atom stereocenters. The Morgan fingerprint density at radius 2 is 1.74 bits per heavy atom. The highest BCUT2D eigenvalue weighted by Crippen LogP contribution is 2.50. The molecule has 27 heavy (non-hydrogen) atoms. The van der Waals surface area contributed by atoms with Crippen LogP contribution in [0.1, 0.15) is 35.2 Å². The van der Waals surface area contributed by atoms with Gasteiger partial charge >= 0.3 is 0 Å². The van der Waals surface area contributed by atoms with Gasteiger partial charge in [0, 0.05) is 29.0 Å². The zero-order valence-electron chi connectivity index (χ0n) is 15.0. The highest BCUT2D eigenvalue weighted by molar-refractivity contribution is 8.02. The first kappa shape index (κ1) is 24.3. The summed E-state index contributed by atoms with van der Waals surface area (Å²) in [5, 5.41) is 2.05. The average Bonchev–Trinajstić information content (AvgIpc) is 3.04. The predicted octanol–water partition coefficient (Wildman–Crippen LogP) is 4.11. The van der Waals surface area contributed by atoms with Gasteiger partial charge in [0.1, 0.15) is 0 Å². The van der Waals surface area contributed by atoms with Gasteiger partial charge in [-0.15, -0.1) is 47.9 Å². The van der Waals surface area contributed by atoms with Crippen molar-refractivity contribution in [1.29, 1.82) is 0 Å². The van der Waals surface area contributed by atoms with Crippen LogP contribution in [0.4, 0.5) is 5.69 Å². The maximum Gasteiger partial charge on any atom is 0.166 e. The molecular formula is C19H26Cl2N2O2S2. The molecule has 0 amide bonds. The van der Waals surface area contributed by atoms with Crippen molar-refractivity contribution in [2.45, 2.75) is 34.6 Å². The highest BCUT2D eigenvalue weighted by atomic mass is 35.5. The molecule has 0 atom stereocenters. The lowest BCUT2D eigenvalue weighted by molar-refractivity contribution is 0.0939. The molecule has 1 spiro atoms. The SMILES string of the molecule is Cl.Cl.Nc1ccc(CCN2CCC3(CC2)CC(=O)c2ccsc2S3)cc1.O. The fourth-order valence-electron chi connectivity index (χ4n) is 3.64. The minimum atomic E-state index is 0. The summed E-state index contributed by atoms with van der Waals surface area (Å²) in [7, 11) is 0. The van der Waals surface area contributed by atoms with Crippen molar-refractivity contribution >= 4 is 59.4 Å². The molecule has 0 bridgehead atoms. The standard InChI is InChI=1S/C19H22N2OS2.2ClH.H2O/c20-15-3-1-14(2-4-15)5-9-21-10-7-19(8-11-21)13-17(22)16-6-12-23-18(16)24-19;;;/h1-4,6,12H,5,7-11,13,20H2;2*1H;1H2. The van der Waals surface area contributed by atoms with Gasteiger partial charge in [-0.25, -0.2) is 0 Å². The average molecular weight is 449 g/mol. The lowest BCUT2D eigenvalue weighted by atomic mass is 9.88. The van der Waals surface area contributed by atoms with Crippen LogP contribution in [0, 0.1) is 0 Å². The van der Waals surface area contributed by atoms with E-state index < -0.39 is 0 Å². The van der Waals surface area contributed by atoms with Crippen LogP contribution in [0.2, 0.25) is 0 Å². The van der Waals surface area contributed by atoms with Gasteiger partial charge in [0.05, 0.1) is 4.21 Å². The number of nitrogen functional groups attached to an aromatic ring is 1. The Labute approximate surface area is 181 Å². The first-order chi connectivity index (χ1) is 11.6. The van der Waals surface area contributed by atoms with E-state index in [-0.39, 0.29) is 35.0 Å². The third-order valence-corrected chi connectivity index (χ3v) is 7.82. The molecule has 0 saturated carbocycles. The molecule has 2 aliphatic heterocycles. The molecule has 1 fully saturated rings. The Morgan fingerprint density at radius 3 is 2.41 bits per heavy atom. The fourth-order valence-corrected chi connectivity index (χ4v) is 6.44. The lowest BCUT2D eigenvalue weighted by Crippen LogP contribution is -2.45. The zero-order chi connectivity index (χ0) is 16.6. The Kier molecular flexibility index (Phi) is 9.12. The molecule has 3 heterocycles. The number of hydrogen-bond donors (Lipinski definition) is 1. The van der Waals surface area contributed by atoms with Gasteiger partial charge in [-0.05, 0) is 61.5 Å².